The van der Waals surface area contributed by atoms with Gasteiger partial charge in [-0.3, -0.25) is 4.79 Å². The Balaban J connectivity index is 2.37. The van der Waals surface area contributed by atoms with Crippen molar-refractivity contribution < 1.29 is 14.8 Å². The van der Waals surface area contributed by atoms with Gasteiger partial charge in [0.15, 0.2) is 0 Å². The summed E-state index contributed by atoms with van der Waals surface area (Å²) in [6.45, 7) is 2.83. The summed E-state index contributed by atoms with van der Waals surface area (Å²) >= 11 is 0. The van der Waals surface area contributed by atoms with E-state index >= 15 is 0 Å². The Kier molecular flexibility index (Phi) is 6.46. The fourth-order valence-corrected chi connectivity index (χ4v) is 1.66. The second-order valence-electron chi connectivity index (χ2n) is 4.31. The molecule has 5 heteroatoms. The predicted molar refractivity (Wildman–Crippen MR) is 72.7 cm³/mol. The molecule has 1 aromatic carbocycles. The van der Waals surface area contributed by atoms with Gasteiger partial charge in [0, 0.05) is 12.1 Å². The van der Waals surface area contributed by atoms with Gasteiger partial charge in [0.25, 0.3) is 5.91 Å². The highest BCUT2D eigenvalue weighted by molar-refractivity contribution is 6.58. The van der Waals surface area contributed by atoms with E-state index in [1.54, 1.807) is 12.1 Å². The maximum Gasteiger partial charge on any atom is 0.488 e. The zero-order valence-electron chi connectivity index (χ0n) is 10.7. The first-order valence-electron chi connectivity index (χ1n) is 6.39. The molecule has 0 heterocycles. The molecule has 0 aliphatic heterocycles. The molecule has 0 saturated heterocycles. The number of amides is 1. The van der Waals surface area contributed by atoms with E-state index in [1.165, 1.54) is 25.0 Å². The van der Waals surface area contributed by atoms with Crippen LogP contribution >= 0.6 is 0 Å². The maximum absolute atomic E-state index is 11.7. The van der Waals surface area contributed by atoms with Gasteiger partial charge in [0.2, 0.25) is 0 Å². The molecule has 0 fully saturated rings. The Morgan fingerprint density at radius 3 is 2.39 bits per heavy atom. The van der Waals surface area contributed by atoms with Gasteiger partial charge in [0.05, 0.1) is 0 Å². The number of benzene rings is 1. The molecule has 0 aliphatic carbocycles. The molecule has 0 aliphatic rings. The third-order valence-corrected chi connectivity index (χ3v) is 2.79. The van der Waals surface area contributed by atoms with E-state index in [4.69, 9.17) is 10.0 Å². The average Bonchev–Trinajstić information content (AvgIpc) is 2.38. The molecular weight excluding hydrogens is 229 g/mol. The lowest BCUT2D eigenvalue weighted by Gasteiger charge is -2.06. The third-order valence-electron chi connectivity index (χ3n) is 2.79. The summed E-state index contributed by atoms with van der Waals surface area (Å²) in [5, 5.41) is 20.7. The van der Waals surface area contributed by atoms with E-state index in [1.807, 2.05) is 0 Å². The highest BCUT2D eigenvalue weighted by Crippen LogP contribution is 2.00. The Bertz CT molecular complexity index is 365. The zero-order valence-corrected chi connectivity index (χ0v) is 10.7. The van der Waals surface area contributed by atoms with Gasteiger partial charge in [-0.2, -0.15) is 0 Å². The van der Waals surface area contributed by atoms with Gasteiger partial charge < -0.3 is 15.4 Å². The summed E-state index contributed by atoms with van der Waals surface area (Å²) in [6.07, 6.45) is 4.50. The van der Waals surface area contributed by atoms with Crippen LogP contribution in [-0.4, -0.2) is 29.6 Å². The second kappa shape index (κ2) is 7.90. The molecule has 0 radical (unpaired) electrons. The lowest BCUT2D eigenvalue weighted by atomic mass is 9.80. The van der Waals surface area contributed by atoms with Crippen LogP contribution in [0, 0.1) is 0 Å². The zero-order chi connectivity index (χ0) is 13.4. The van der Waals surface area contributed by atoms with Crippen LogP contribution in [0.3, 0.4) is 0 Å². The van der Waals surface area contributed by atoms with Crippen LogP contribution in [0.1, 0.15) is 43.0 Å². The van der Waals surface area contributed by atoms with Gasteiger partial charge in [-0.25, -0.2) is 0 Å². The Morgan fingerprint density at radius 1 is 1.17 bits per heavy atom. The highest BCUT2D eigenvalue weighted by atomic mass is 16.4. The van der Waals surface area contributed by atoms with Crippen LogP contribution in [-0.2, 0) is 0 Å². The number of hydrogen-bond donors (Lipinski definition) is 3. The maximum atomic E-state index is 11.7. The van der Waals surface area contributed by atoms with Gasteiger partial charge in [-0.05, 0) is 24.0 Å². The van der Waals surface area contributed by atoms with Crippen LogP contribution in [0.4, 0.5) is 0 Å². The molecule has 0 saturated carbocycles. The SMILES string of the molecule is CCCCCCNC(=O)c1ccc(B(O)O)cc1. The molecule has 0 aromatic heterocycles. The van der Waals surface area contributed by atoms with Crippen LogP contribution in [0.15, 0.2) is 24.3 Å². The topological polar surface area (TPSA) is 69.6 Å². The number of carbonyl (C=O) groups excluding carboxylic acids is 1. The molecule has 4 nitrogen and oxygen atoms in total. The largest absolute Gasteiger partial charge is 0.488 e. The standard InChI is InChI=1S/C13H20BNO3/c1-2-3-4-5-10-15-13(16)11-6-8-12(9-7-11)14(17)18/h6-9,17-18H,2-5,10H2,1H3,(H,15,16). The van der Waals surface area contributed by atoms with Gasteiger partial charge in [-0.15, -0.1) is 0 Å². The number of hydrogen-bond acceptors (Lipinski definition) is 3. The van der Waals surface area contributed by atoms with Gasteiger partial charge in [0.1, 0.15) is 0 Å². The van der Waals surface area contributed by atoms with Crippen molar-refractivity contribution in [2.75, 3.05) is 6.54 Å². The average molecular weight is 249 g/mol. The Labute approximate surface area is 108 Å². The molecule has 98 valence electrons. The molecule has 0 bridgehead atoms. The van der Waals surface area contributed by atoms with Crippen molar-refractivity contribution in [3.05, 3.63) is 29.8 Å². The van der Waals surface area contributed by atoms with Crippen molar-refractivity contribution >= 4 is 18.5 Å². The van der Waals surface area contributed by atoms with E-state index in [0.29, 0.717) is 17.6 Å². The molecule has 1 aromatic rings. The van der Waals surface area contributed by atoms with Crippen molar-refractivity contribution in [1.29, 1.82) is 0 Å². The fourth-order valence-electron chi connectivity index (χ4n) is 1.66. The molecule has 1 rings (SSSR count). The lowest BCUT2D eigenvalue weighted by molar-refractivity contribution is 0.0953. The van der Waals surface area contributed by atoms with Crippen LogP contribution in [0.25, 0.3) is 0 Å². The molecule has 0 spiro atoms. The highest BCUT2D eigenvalue weighted by Gasteiger charge is 2.11. The molecular formula is C13H20BNO3. The summed E-state index contributed by atoms with van der Waals surface area (Å²) in [5.41, 5.74) is 0.921. The van der Waals surface area contributed by atoms with Crippen molar-refractivity contribution in [3.8, 4) is 0 Å². The minimum Gasteiger partial charge on any atom is -0.423 e. The van der Waals surface area contributed by atoms with Gasteiger partial charge >= 0.3 is 7.12 Å². The third kappa shape index (κ3) is 4.90. The second-order valence-corrected chi connectivity index (χ2v) is 4.31. The smallest absolute Gasteiger partial charge is 0.423 e. The monoisotopic (exact) mass is 249 g/mol. The quantitative estimate of drug-likeness (QED) is 0.491. The Hall–Kier alpha value is -1.33. The lowest BCUT2D eigenvalue weighted by Crippen LogP contribution is -2.30. The van der Waals surface area contributed by atoms with E-state index in [-0.39, 0.29) is 5.91 Å². The van der Waals surface area contributed by atoms with Crippen molar-refractivity contribution in [3.63, 3.8) is 0 Å². The van der Waals surface area contributed by atoms with E-state index in [9.17, 15) is 4.79 Å². The molecule has 18 heavy (non-hydrogen) atoms. The first kappa shape index (κ1) is 14.7. The van der Waals surface area contributed by atoms with Gasteiger partial charge in [-0.1, -0.05) is 38.3 Å². The minimum atomic E-state index is -1.49. The fraction of sp³-hybridized carbons (Fsp3) is 0.462. The number of rotatable bonds is 7. The predicted octanol–water partition coefficient (Wildman–Crippen LogP) is 0.676. The Morgan fingerprint density at radius 2 is 1.83 bits per heavy atom. The number of unbranched alkanes of at least 4 members (excludes halogenated alkanes) is 3. The molecule has 3 N–H and O–H groups in total. The first-order valence-corrected chi connectivity index (χ1v) is 6.39. The van der Waals surface area contributed by atoms with Crippen molar-refractivity contribution in [1.82, 2.24) is 5.32 Å². The van der Waals surface area contributed by atoms with E-state index in [2.05, 4.69) is 12.2 Å². The normalized spacial score (nSPS) is 10.2. The summed E-state index contributed by atoms with van der Waals surface area (Å²) in [6, 6.07) is 6.26. The summed E-state index contributed by atoms with van der Waals surface area (Å²) in [5.74, 6) is -0.120. The number of carbonyl (C=O) groups is 1. The summed E-state index contributed by atoms with van der Waals surface area (Å²) < 4.78 is 0. The van der Waals surface area contributed by atoms with E-state index < -0.39 is 7.12 Å². The van der Waals surface area contributed by atoms with Crippen molar-refractivity contribution in [2.45, 2.75) is 32.6 Å². The molecule has 0 atom stereocenters. The van der Waals surface area contributed by atoms with Crippen LogP contribution in [0.2, 0.25) is 0 Å². The van der Waals surface area contributed by atoms with Crippen molar-refractivity contribution in [2.24, 2.45) is 0 Å². The minimum absolute atomic E-state index is 0.120. The summed E-state index contributed by atoms with van der Waals surface area (Å²) in [4.78, 5) is 11.7. The van der Waals surface area contributed by atoms with E-state index in [0.717, 1.165) is 12.8 Å². The first-order chi connectivity index (χ1) is 8.65. The molecule has 1 amide bonds. The summed E-state index contributed by atoms with van der Waals surface area (Å²) in [7, 11) is -1.49. The van der Waals surface area contributed by atoms with Crippen LogP contribution in [0.5, 0.6) is 0 Å². The molecule has 0 unspecified atom stereocenters. The van der Waals surface area contributed by atoms with Crippen LogP contribution < -0.4 is 10.8 Å². The number of nitrogens with one attached hydrogen (secondary N) is 1.